The van der Waals surface area contributed by atoms with E-state index in [2.05, 4.69) is 32.0 Å². The number of aliphatic hydroxyl groups is 1. The van der Waals surface area contributed by atoms with Crippen LogP contribution in [0, 0.1) is 13.8 Å². The van der Waals surface area contributed by atoms with E-state index in [1.165, 1.54) is 16.7 Å². The van der Waals surface area contributed by atoms with Crippen LogP contribution in [0.25, 0.3) is 0 Å². The average Bonchev–Trinajstić information content (AvgIpc) is 2.20. The van der Waals surface area contributed by atoms with Crippen molar-refractivity contribution in [2.75, 3.05) is 7.11 Å². The fourth-order valence-corrected chi connectivity index (χ4v) is 2.39. The van der Waals surface area contributed by atoms with E-state index in [1.807, 2.05) is 0 Å². The molecule has 2 rings (SSSR count). The molecule has 1 saturated carbocycles. The van der Waals surface area contributed by atoms with Gasteiger partial charge in [0, 0.05) is 26.4 Å². The number of benzene rings is 1. The Hall–Kier alpha value is -0.860. The molecule has 0 amide bonds. The second kappa shape index (κ2) is 4.19. The third-order valence-electron chi connectivity index (χ3n) is 3.65. The van der Waals surface area contributed by atoms with Crippen molar-refractivity contribution in [3.05, 3.63) is 34.9 Å². The molecule has 1 aromatic rings. The van der Waals surface area contributed by atoms with Crippen molar-refractivity contribution < 1.29 is 9.84 Å². The van der Waals surface area contributed by atoms with Gasteiger partial charge in [-0.2, -0.15) is 0 Å². The van der Waals surface area contributed by atoms with Crippen LogP contribution in [0.3, 0.4) is 0 Å². The molecule has 0 spiro atoms. The molecule has 1 fully saturated rings. The zero-order chi connectivity index (χ0) is 11.8. The number of hydrogen-bond acceptors (Lipinski definition) is 2. The van der Waals surface area contributed by atoms with Crippen LogP contribution >= 0.6 is 0 Å². The quantitative estimate of drug-likeness (QED) is 0.847. The number of ether oxygens (including phenoxy) is 1. The summed E-state index contributed by atoms with van der Waals surface area (Å²) in [4.78, 5) is 0. The summed E-state index contributed by atoms with van der Waals surface area (Å²) in [5.74, 6) is 0. The van der Waals surface area contributed by atoms with Crippen molar-refractivity contribution in [3.8, 4) is 0 Å². The molecular weight excluding hydrogens is 200 g/mol. The van der Waals surface area contributed by atoms with Crippen molar-refractivity contribution in [3.63, 3.8) is 0 Å². The van der Waals surface area contributed by atoms with Crippen molar-refractivity contribution in [1.82, 2.24) is 0 Å². The molecular formula is C14H20O2. The predicted molar refractivity (Wildman–Crippen MR) is 64.6 cm³/mol. The largest absolute Gasteiger partial charge is 0.389 e. The SMILES string of the molecule is COC1CC(O)(Cc2ccc(C)c(C)c2)C1. The Kier molecular flexibility index (Phi) is 3.04. The molecule has 0 bridgehead atoms. The van der Waals surface area contributed by atoms with Gasteiger partial charge in [0.2, 0.25) is 0 Å². The van der Waals surface area contributed by atoms with Gasteiger partial charge >= 0.3 is 0 Å². The molecule has 0 radical (unpaired) electrons. The number of methoxy groups -OCH3 is 1. The third-order valence-corrected chi connectivity index (χ3v) is 3.65. The van der Waals surface area contributed by atoms with Crippen LogP contribution in [0.1, 0.15) is 29.5 Å². The lowest BCUT2D eigenvalue weighted by Crippen LogP contribution is -2.49. The van der Waals surface area contributed by atoms with Crippen LogP contribution in [-0.2, 0) is 11.2 Å². The van der Waals surface area contributed by atoms with E-state index in [-0.39, 0.29) is 6.10 Å². The van der Waals surface area contributed by atoms with Gasteiger partial charge in [0.15, 0.2) is 0 Å². The first-order chi connectivity index (χ1) is 7.52. The van der Waals surface area contributed by atoms with E-state index in [0.29, 0.717) is 0 Å². The lowest BCUT2D eigenvalue weighted by atomic mass is 9.73. The van der Waals surface area contributed by atoms with Gasteiger partial charge in [-0.15, -0.1) is 0 Å². The zero-order valence-electron chi connectivity index (χ0n) is 10.3. The van der Waals surface area contributed by atoms with Crippen molar-refractivity contribution in [2.45, 2.75) is 44.8 Å². The Balaban J connectivity index is 2.02. The van der Waals surface area contributed by atoms with Gasteiger partial charge in [-0.3, -0.25) is 0 Å². The van der Waals surface area contributed by atoms with Gasteiger partial charge in [-0.05, 0) is 30.5 Å². The Morgan fingerprint density at radius 3 is 2.56 bits per heavy atom. The summed E-state index contributed by atoms with van der Waals surface area (Å²) in [7, 11) is 1.71. The maximum Gasteiger partial charge on any atom is 0.0737 e. The second-order valence-electron chi connectivity index (χ2n) is 5.09. The third kappa shape index (κ3) is 2.28. The lowest BCUT2D eigenvalue weighted by molar-refractivity contribution is -0.126. The fourth-order valence-electron chi connectivity index (χ4n) is 2.39. The maximum atomic E-state index is 10.2. The molecule has 2 nitrogen and oxygen atoms in total. The zero-order valence-corrected chi connectivity index (χ0v) is 10.3. The standard InChI is InChI=1S/C14H20O2/c1-10-4-5-12(6-11(10)2)7-14(15)8-13(9-14)16-3/h4-6,13,15H,7-9H2,1-3H3. The summed E-state index contributed by atoms with van der Waals surface area (Å²) in [6.07, 6.45) is 2.51. The van der Waals surface area contributed by atoms with Crippen LogP contribution in [0.2, 0.25) is 0 Å². The molecule has 88 valence electrons. The minimum Gasteiger partial charge on any atom is -0.389 e. The lowest BCUT2D eigenvalue weighted by Gasteiger charge is -2.43. The van der Waals surface area contributed by atoms with Crippen molar-refractivity contribution in [2.24, 2.45) is 0 Å². The van der Waals surface area contributed by atoms with Gasteiger partial charge in [0.05, 0.1) is 11.7 Å². The average molecular weight is 220 g/mol. The van der Waals surface area contributed by atoms with Gasteiger partial charge in [-0.25, -0.2) is 0 Å². The van der Waals surface area contributed by atoms with E-state index in [0.717, 1.165) is 19.3 Å². The summed E-state index contributed by atoms with van der Waals surface area (Å²) in [5.41, 5.74) is 3.28. The highest BCUT2D eigenvalue weighted by Gasteiger charge is 2.42. The molecule has 0 heterocycles. The summed E-state index contributed by atoms with van der Waals surface area (Å²) in [6, 6.07) is 6.41. The van der Waals surface area contributed by atoms with Gasteiger partial charge < -0.3 is 9.84 Å². The first-order valence-electron chi connectivity index (χ1n) is 5.84. The Bertz CT molecular complexity index is 378. The molecule has 1 N–H and O–H groups in total. The molecule has 1 aliphatic rings. The normalized spacial score (nSPS) is 28.9. The molecule has 0 atom stereocenters. The first-order valence-corrected chi connectivity index (χ1v) is 5.84. The van der Waals surface area contributed by atoms with E-state index in [1.54, 1.807) is 7.11 Å². The molecule has 0 aromatic heterocycles. The van der Waals surface area contributed by atoms with Gasteiger partial charge in [0.25, 0.3) is 0 Å². The highest BCUT2D eigenvalue weighted by Crippen LogP contribution is 2.37. The number of hydrogen-bond donors (Lipinski definition) is 1. The molecule has 1 aliphatic carbocycles. The molecule has 2 heteroatoms. The Morgan fingerprint density at radius 1 is 1.31 bits per heavy atom. The van der Waals surface area contributed by atoms with Crippen molar-refractivity contribution >= 4 is 0 Å². The second-order valence-corrected chi connectivity index (χ2v) is 5.09. The maximum absolute atomic E-state index is 10.2. The topological polar surface area (TPSA) is 29.5 Å². The molecule has 1 aromatic carbocycles. The predicted octanol–water partition coefficient (Wildman–Crippen LogP) is 2.39. The number of rotatable bonds is 3. The summed E-state index contributed by atoms with van der Waals surface area (Å²) in [6.45, 7) is 4.22. The van der Waals surface area contributed by atoms with Crippen LogP contribution < -0.4 is 0 Å². The minimum atomic E-state index is -0.539. The Morgan fingerprint density at radius 2 is 2.00 bits per heavy atom. The minimum absolute atomic E-state index is 0.247. The number of aryl methyl sites for hydroxylation is 2. The summed E-state index contributed by atoms with van der Waals surface area (Å²) >= 11 is 0. The van der Waals surface area contributed by atoms with Gasteiger partial charge in [-0.1, -0.05) is 18.2 Å². The van der Waals surface area contributed by atoms with Gasteiger partial charge in [0.1, 0.15) is 0 Å². The van der Waals surface area contributed by atoms with E-state index in [9.17, 15) is 5.11 Å². The van der Waals surface area contributed by atoms with E-state index < -0.39 is 5.60 Å². The highest BCUT2D eigenvalue weighted by atomic mass is 16.5. The fraction of sp³-hybridized carbons (Fsp3) is 0.571. The van der Waals surface area contributed by atoms with E-state index in [4.69, 9.17) is 4.74 Å². The summed E-state index contributed by atoms with van der Waals surface area (Å²) < 4.78 is 5.20. The van der Waals surface area contributed by atoms with Crippen LogP contribution in [0.4, 0.5) is 0 Å². The molecule has 0 unspecified atom stereocenters. The van der Waals surface area contributed by atoms with Crippen LogP contribution in [0.15, 0.2) is 18.2 Å². The monoisotopic (exact) mass is 220 g/mol. The first kappa shape index (κ1) is 11.6. The van der Waals surface area contributed by atoms with Crippen LogP contribution in [-0.4, -0.2) is 23.9 Å². The van der Waals surface area contributed by atoms with Crippen LogP contribution in [0.5, 0.6) is 0 Å². The van der Waals surface area contributed by atoms with E-state index >= 15 is 0 Å². The van der Waals surface area contributed by atoms with Crippen molar-refractivity contribution in [1.29, 1.82) is 0 Å². The Labute approximate surface area is 97.3 Å². The molecule has 16 heavy (non-hydrogen) atoms. The highest BCUT2D eigenvalue weighted by molar-refractivity contribution is 5.31. The molecule has 0 aliphatic heterocycles. The molecule has 0 saturated heterocycles. The smallest absolute Gasteiger partial charge is 0.0737 e. The summed E-state index contributed by atoms with van der Waals surface area (Å²) in [5, 5.41) is 10.2.